The van der Waals surface area contributed by atoms with Crippen molar-refractivity contribution in [3.05, 3.63) is 24.5 Å². The lowest BCUT2D eigenvalue weighted by Gasteiger charge is -2.15. The Morgan fingerprint density at radius 3 is 2.94 bits per heavy atom. The number of hydrogen-bond donors (Lipinski definition) is 1. The van der Waals surface area contributed by atoms with Gasteiger partial charge in [-0.15, -0.1) is 0 Å². The zero-order valence-electron chi connectivity index (χ0n) is 10.1. The van der Waals surface area contributed by atoms with Gasteiger partial charge in [0, 0.05) is 12.7 Å². The molecule has 2 aromatic rings. The fourth-order valence-electron chi connectivity index (χ4n) is 1.58. The van der Waals surface area contributed by atoms with Crippen molar-refractivity contribution < 1.29 is 14.3 Å². The van der Waals surface area contributed by atoms with E-state index >= 15 is 0 Å². The van der Waals surface area contributed by atoms with Crippen LogP contribution in [0.3, 0.4) is 0 Å². The van der Waals surface area contributed by atoms with Crippen LogP contribution in [0.1, 0.15) is 6.92 Å². The maximum Gasteiger partial charge on any atom is 0.397 e. The fourth-order valence-corrected chi connectivity index (χ4v) is 1.58. The number of ether oxygens (including phenoxy) is 1. The van der Waals surface area contributed by atoms with Crippen LogP contribution in [0.4, 0.5) is 5.69 Å². The first-order valence-corrected chi connectivity index (χ1v) is 5.51. The van der Waals surface area contributed by atoms with E-state index in [2.05, 4.69) is 14.7 Å². The number of nitrogens with one attached hydrogen (secondary N) is 1. The first kappa shape index (κ1) is 12.1. The van der Waals surface area contributed by atoms with Crippen LogP contribution in [0.5, 0.6) is 0 Å². The van der Waals surface area contributed by atoms with Gasteiger partial charge in [-0.3, -0.25) is 4.79 Å². The molecule has 0 aliphatic carbocycles. The zero-order chi connectivity index (χ0) is 13.1. The van der Waals surface area contributed by atoms with E-state index in [4.69, 9.17) is 0 Å². The summed E-state index contributed by atoms with van der Waals surface area (Å²) in [6.07, 6.45) is 1.57. The largest absolute Gasteiger partial charge is 0.459 e. The van der Waals surface area contributed by atoms with Gasteiger partial charge >= 0.3 is 11.9 Å². The molecule has 1 heterocycles. The Bertz CT molecular complexity index is 591. The van der Waals surface area contributed by atoms with Crippen molar-refractivity contribution in [1.29, 1.82) is 0 Å². The van der Waals surface area contributed by atoms with Crippen LogP contribution in [-0.4, -0.2) is 35.5 Å². The molecule has 1 amide bonds. The highest BCUT2D eigenvalue weighted by molar-refractivity contribution is 6.38. The number of aromatic amines is 1. The van der Waals surface area contributed by atoms with Gasteiger partial charge in [-0.05, 0) is 25.1 Å². The van der Waals surface area contributed by atoms with Gasteiger partial charge in [-0.2, -0.15) is 0 Å². The fraction of sp³-hybridized carbons (Fsp3) is 0.250. The smallest absolute Gasteiger partial charge is 0.397 e. The summed E-state index contributed by atoms with van der Waals surface area (Å²) in [7, 11) is 1.52. The number of imidazole rings is 1. The monoisotopic (exact) mass is 247 g/mol. The first-order chi connectivity index (χ1) is 8.63. The van der Waals surface area contributed by atoms with Gasteiger partial charge in [-0.25, -0.2) is 9.78 Å². The number of nitrogens with zero attached hydrogens (tertiary/aromatic N) is 2. The van der Waals surface area contributed by atoms with E-state index < -0.39 is 11.9 Å². The second-order valence-electron chi connectivity index (χ2n) is 3.69. The molecule has 0 radical (unpaired) electrons. The summed E-state index contributed by atoms with van der Waals surface area (Å²) in [6.45, 7) is 1.83. The van der Waals surface area contributed by atoms with E-state index in [0.717, 1.165) is 11.0 Å². The third-order valence-corrected chi connectivity index (χ3v) is 2.55. The van der Waals surface area contributed by atoms with Crippen LogP contribution >= 0.6 is 0 Å². The molecule has 0 bridgehead atoms. The van der Waals surface area contributed by atoms with Crippen LogP contribution in [0, 0.1) is 0 Å². The molecule has 0 saturated heterocycles. The summed E-state index contributed by atoms with van der Waals surface area (Å²) in [5.41, 5.74) is 2.21. The second-order valence-corrected chi connectivity index (χ2v) is 3.69. The number of H-pyrrole nitrogens is 1. The van der Waals surface area contributed by atoms with Gasteiger partial charge < -0.3 is 14.6 Å². The normalized spacial score (nSPS) is 10.3. The van der Waals surface area contributed by atoms with Crippen LogP contribution in [0.15, 0.2) is 24.5 Å². The Labute approximate surface area is 104 Å². The number of amides is 1. The molecule has 6 nitrogen and oxygen atoms in total. The Morgan fingerprint density at radius 1 is 1.44 bits per heavy atom. The number of hydrogen-bond acceptors (Lipinski definition) is 4. The molecular weight excluding hydrogens is 234 g/mol. The number of benzene rings is 1. The van der Waals surface area contributed by atoms with Crippen LogP contribution in [0.25, 0.3) is 11.0 Å². The molecule has 0 saturated carbocycles. The molecule has 1 N–H and O–H groups in total. The average molecular weight is 247 g/mol. The Balaban J connectivity index is 2.24. The van der Waals surface area contributed by atoms with Crippen molar-refractivity contribution in [2.24, 2.45) is 0 Å². The van der Waals surface area contributed by atoms with Gasteiger partial charge in [0.2, 0.25) is 0 Å². The lowest BCUT2D eigenvalue weighted by molar-refractivity contribution is -0.153. The summed E-state index contributed by atoms with van der Waals surface area (Å²) >= 11 is 0. The van der Waals surface area contributed by atoms with E-state index in [9.17, 15) is 9.59 Å². The van der Waals surface area contributed by atoms with Crippen LogP contribution in [0.2, 0.25) is 0 Å². The summed E-state index contributed by atoms with van der Waals surface area (Å²) in [6, 6.07) is 5.25. The lowest BCUT2D eigenvalue weighted by atomic mass is 10.2. The SMILES string of the molecule is CCOC(=O)C(=O)N(C)c1ccc2nc[nH]c2c1. The number of rotatable bonds is 2. The summed E-state index contributed by atoms with van der Waals surface area (Å²) in [5, 5.41) is 0. The van der Waals surface area contributed by atoms with Crippen molar-refractivity contribution >= 4 is 28.6 Å². The number of carbonyl (C=O) groups excluding carboxylic acids is 2. The highest BCUT2D eigenvalue weighted by atomic mass is 16.5. The van der Waals surface area contributed by atoms with Gasteiger partial charge in [-0.1, -0.05) is 0 Å². The molecule has 2 rings (SSSR count). The summed E-state index contributed by atoms with van der Waals surface area (Å²) in [5.74, 6) is -1.56. The first-order valence-electron chi connectivity index (χ1n) is 5.51. The summed E-state index contributed by atoms with van der Waals surface area (Å²) < 4.78 is 4.67. The van der Waals surface area contributed by atoms with Crippen molar-refractivity contribution in [3.63, 3.8) is 0 Å². The Kier molecular flexibility index (Phi) is 3.27. The molecule has 18 heavy (non-hydrogen) atoms. The molecule has 1 aromatic carbocycles. The van der Waals surface area contributed by atoms with E-state index in [1.54, 1.807) is 31.5 Å². The molecular formula is C12H13N3O3. The zero-order valence-corrected chi connectivity index (χ0v) is 10.1. The van der Waals surface area contributed by atoms with Crippen molar-refractivity contribution in [1.82, 2.24) is 9.97 Å². The average Bonchev–Trinajstić information content (AvgIpc) is 2.84. The standard InChI is InChI=1S/C12H13N3O3/c1-3-18-12(17)11(16)15(2)8-4-5-9-10(6-8)14-7-13-9/h4-7H,3H2,1-2H3,(H,13,14). The topological polar surface area (TPSA) is 75.3 Å². The number of carbonyl (C=O) groups is 2. The number of aromatic nitrogens is 2. The maximum absolute atomic E-state index is 11.7. The third kappa shape index (κ3) is 2.17. The minimum atomic E-state index is -0.857. The van der Waals surface area contributed by atoms with Gasteiger partial charge in [0.05, 0.1) is 24.0 Å². The lowest BCUT2D eigenvalue weighted by Crippen LogP contribution is -2.34. The maximum atomic E-state index is 11.7. The molecule has 0 spiro atoms. The number of anilines is 1. The van der Waals surface area contributed by atoms with Gasteiger partial charge in [0.15, 0.2) is 0 Å². The minimum Gasteiger partial charge on any atom is -0.459 e. The van der Waals surface area contributed by atoms with Gasteiger partial charge in [0.25, 0.3) is 0 Å². The molecule has 0 unspecified atom stereocenters. The van der Waals surface area contributed by atoms with E-state index in [1.807, 2.05) is 0 Å². The van der Waals surface area contributed by atoms with E-state index in [1.165, 1.54) is 11.9 Å². The molecule has 0 aliphatic rings. The number of likely N-dealkylation sites (N-methyl/N-ethyl adjacent to an activating group) is 1. The number of fused-ring (bicyclic) bond motifs is 1. The highest BCUT2D eigenvalue weighted by Gasteiger charge is 2.21. The second kappa shape index (κ2) is 4.87. The summed E-state index contributed by atoms with van der Waals surface area (Å²) in [4.78, 5) is 31.3. The van der Waals surface area contributed by atoms with Crippen LogP contribution < -0.4 is 4.90 Å². The molecule has 0 fully saturated rings. The van der Waals surface area contributed by atoms with E-state index in [0.29, 0.717) is 5.69 Å². The van der Waals surface area contributed by atoms with Crippen molar-refractivity contribution in [2.75, 3.05) is 18.6 Å². The molecule has 94 valence electrons. The molecule has 6 heteroatoms. The molecule has 1 aromatic heterocycles. The van der Waals surface area contributed by atoms with Gasteiger partial charge in [0.1, 0.15) is 0 Å². The predicted molar refractivity (Wildman–Crippen MR) is 66.1 cm³/mol. The van der Waals surface area contributed by atoms with Crippen molar-refractivity contribution in [3.8, 4) is 0 Å². The molecule has 0 atom stereocenters. The highest BCUT2D eigenvalue weighted by Crippen LogP contribution is 2.18. The van der Waals surface area contributed by atoms with Crippen molar-refractivity contribution in [2.45, 2.75) is 6.92 Å². The predicted octanol–water partition coefficient (Wildman–Crippen LogP) is 1.09. The third-order valence-electron chi connectivity index (χ3n) is 2.55. The quantitative estimate of drug-likeness (QED) is 0.636. The van der Waals surface area contributed by atoms with Crippen LogP contribution in [-0.2, 0) is 14.3 Å². The van der Waals surface area contributed by atoms with E-state index in [-0.39, 0.29) is 6.61 Å². The number of esters is 1. The Morgan fingerprint density at radius 2 is 2.22 bits per heavy atom. The Hall–Kier alpha value is -2.37. The molecule has 0 aliphatic heterocycles. The minimum absolute atomic E-state index is 0.179.